The summed E-state index contributed by atoms with van der Waals surface area (Å²) in [6, 6.07) is 9.27. The summed E-state index contributed by atoms with van der Waals surface area (Å²) in [6.07, 6.45) is 2.24. The molecule has 2 N–H and O–H groups in total. The fraction of sp³-hybridized carbons (Fsp3) is 0.333. The van der Waals surface area contributed by atoms with E-state index in [0.717, 1.165) is 12.0 Å². The molecule has 0 aliphatic rings. The number of nitrogens with one attached hydrogen (secondary N) is 2. The molecule has 0 spiro atoms. The van der Waals surface area contributed by atoms with Crippen molar-refractivity contribution in [3.05, 3.63) is 41.6 Å². The summed E-state index contributed by atoms with van der Waals surface area (Å²) >= 11 is 0. The highest BCUT2D eigenvalue weighted by Gasteiger charge is 2.08. The SMILES string of the molecule is COCCCN/C=C(/C#N)C(=O)Nc1ccc(C)cc1. The number of hydrogen-bond acceptors (Lipinski definition) is 4. The highest BCUT2D eigenvalue weighted by Crippen LogP contribution is 2.09. The number of nitriles is 1. The molecule has 0 fully saturated rings. The van der Waals surface area contributed by atoms with Gasteiger partial charge >= 0.3 is 0 Å². The van der Waals surface area contributed by atoms with Crippen LogP contribution in [0.2, 0.25) is 0 Å². The molecule has 0 unspecified atom stereocenters. The second kappa shape index (κ2) is 8.73. The number of aryl methyl sites for hydroxylation is 1. The second-order valence-corrected chi connectivity index (χ2v) is 4.29. The van der Waals surface area contributed by atoms with Gasteiger partial charge in [0.2, 0.25) is 0 Å². The van der Waals surface area contributed by atoms with E-state index < -0.39 is 5.91 Å². The molecule has 0 aliphatic heterocycles. The maximum absolute atomic E-state index is 11.9. The van der Waals surface area contributed by atoms with Gasteiger partial charge in [0.15, 0.2) is 0 Å². The zero-order chi connectivity index (χ0) is 14.8. The number of anilines is 1. The summed E-state index contributed by atoms with van der Waals surface area (Å²) in [5.74, 6) is -0.421. The number of hydrogen-bond donors (Lipinski definition) is 2. The van der Waals surface area contributed by atoms with Crippen molar-refractivity contribution < 1.29 is 9.53 Å². The van der Waals surface area contributed by atoms with Crippen molar-refractivity contribution >= 4 is 11.6 Å². The molecule has 0 atom stereocenters. The lowest BCUT2D eigenvalue weighted by Crippen LogP contribution is -2.17. The smallest absolute Gasteiger partial charge is 0.267 e. The molecule has 1 aromatic rings. The Morgan fingerprint density at radius 3 is 2.70 bits per heavy atom. The molecular weight excluding hydrogens is 254 g/mol. The summed E-state index contributed by atoms with van der Waals surface area (Å²) < 4.78 is 4.91. The monoisotopic (exact) mass is 273 g/mol. The fourth-order valence-corrected chi connectivity index (χ4v) is 1.48. The summed E-state index contributed by atoms with van der Waals surface area (Å²) in [5.41, 5.74) is 1.82. The molecule has 0 aliphatic carbocycles. The molecule has 5 nitrogen and oxygen atoms in total. The van der Waals surface area contributed by atoms with E-state index in [9.17, 15) is 4.79 Å². The van der Waals surface area contributed by atoms with Gasteiger partial charge in [-0.2, -0.15) is 5.26 Å². The van der Waals surface area contributed by atoms with Crippen LogP contribution in [-0.2, 0) is 9.53 Å². The minimum atomic E-state index is -0.421. The van der Waals surface area contributed by atoms with Crippen molar-refractivity contribution in [1.29, 1.82) is 5.26 Å². The van der Waals surface area contributed by atoms with Gasteiger partial charge in [0, 0.05) is 32.1 Å². The molecule has 0 heterocycles. The zero-order valence-electron chi connectivity index (χ0n) is 11.8. The number of carbonyl (C=O) groups is 1. The highest BCUT2D eigenvalue weighted by molar-refractivity contribution is 6.06. The lowest BCUT2D eigenvalue weighted by Gasteiger charge is -2.05. The summed E-state index contributed by atoms with van der Waals surface area (Å²) in [4.78, 5) is 11.9. The first-order valence-electron chi connectivity index (χ1n) is 6.38. The van der Waals surface area contributed by atoms with Crippen LogP contribution < -0.4 is 10.6 Å². The van der Waals surface area contributed by atoms with E-state index in [2.05, 4.69) is 10.6 Å². The van der Waals surface area contributed by atoms with Gasteiger partial charge < -0.3 is 15.4 Å². The maximum Gasteiger partial charge on any atom is 0.267 e. The summed E-state index contributed by atoms with van der Waals surface area (Å²) in [5, 5.41) is 14.6. The molecule has 0 aromatic heterocycles. The normalized spacial score (nSPS) is 10.8. The minimum absolute atomic E-state index is 0.0444. The van der Waals surface area contributed by atoms with Crippen molar-refractivity contribution in [1.82, 2.24) is 5.32 Å². The average Bonchev–Trinajstić information content (AvgIpc) is 2.45. The number of benzene rings is 1. The molecular formula is C15H19N3O2. The number of nitrogens with zero attached hydrogens (tertiary/aromatic N) is 1. The second-order valence-electron chi connectivity index (χ2n) is 4.29. The number of carbonyl (C=O) groups excluding carboxylic acids is 1. The van der Waals surface area contributed by atoms with Crippen LogP contribution in [0.25, 0.3) is 0 Å². The van der Waals surface area contributed by atoms with Gasteiger partial charge in [-0.15, -0.1) is 0 Å². The molecule has 1 amide bonds. The van der Waals surface area contributed by atoms with Crippen molar-refractivity contribution in [2.45, 2.75) is 13.3 Å². The van der Waals surface area contributed by atoms with Gasteiger partial charge in [-0.3, -0.25) is 4.79 Å². The summed E-state index contributed by atoms with van der Waals surface area (Å²) in [6.45, 7) is 3.26. The molecule has 20 heavy (non-hydrogen) atoms. The van der Waals surface area contributed by atoms with Crippen LogP contribution in [-0.4, -0.2) is 26.2 Å². The largest absolute Gasteiger partial charge is 0.390 e. The third-order valence-corrected chi connectivity index (χ3v) is 2.59. The van der Waals surface area contributed by atoms with E-state index >= 15 is 0 Å². The molecule has 0 saturated carbocycles. The van der Waals surface area contributed by atoms with Gasteiger partial charge in [-0.1, -0.05) is 17.7 Å². The predicted molar refractivity (Wildman–Crippen MR) is 78.0 cm³/mol. The molecule has 1 aromatic carbocycles. The number of amides is 1. The number of rotatable bonds is 7. The van der Waals surface area contributed by atoms with E-state index in [1.165, 1.54) is 6.20 Å². The molecule has 0 radical (unpaired) electrons. The Labute approximate surface area is 119 Å². The van der Waals surface area contributed by atoms with Crippen LogP contribution in [0.15, 0.2) is 36.0 Å². The van der Waals surface area contributed by atoms with E-state index in [1.807, 2.05) is 25.1 Å². The molecule has 0 saturated heterocycles. The van der Waals surface area contributed by atoms with Crippen LogP contribution in [0.1, 0.15) is 12.0 Å². The molecule has 0 bridgehead atoms. The van der Waals surface area contributed by atoms with E-state index in [1.54, 1.807) is 19.2 Å². The topological polar surface area (TPSA) is 74.1 Å². The maximum atomic E-state index is 11.9. The van der Waals surface area contributed by atoms with Crippen molar-refractivity contribution in [2.24, 2.45) is 0 Å². The average molecular weight is 273 g/mol. The fourth-order valence-electron chi connectivity index (χ4n) is 1.48. The lowest BCUT2D eigenvalue weighted by molar-refractivity contribution is -0.112. The number of methoxy groups -OCH3 is 1. The zero-order valence-corrected chi connectivity index (χ0v) is 11.8. The molecule has 1 rings (SSSR count). The van der Waals surface area contributed by atoms with Gasteiger partial charge in [-0.25, -0.2) is 0 Å². The Balaban J connectivity index is 2.52. The third-order valence-electron chi connectivity index (χ3n) is 2.59. The van der Waals surface area contributed by atoms with Crippen LogP contribution in [0.4, 0.5) is 5.69 Å². The van der Waals surface area contributed by atoms with Crippen LogP contribution in [0, 0.1) is 18.3 Å². The predicted octanol–water partition coefficient (Wildman–Crippen LogP) is 1.97. The molecule has 5 heteroatoms. The van der Waals surface area contributed by atoms with Crippen molar-refractivity contribution in [3.63, 3.8) is 0 Å². The van der Waals surface area contributed by atoms with Crippen LogP contribution in [0.3, 0.4) is 0 Å². The first-order valence-corrected chi connectivity index (χ1v) is 6.38. The van der Waals surface area contributed by atoms with Gasteiger partial charge in [0.05, 0.1) is 0 Å². The van der Waals surface area contributed by atoms with Gasteiger partial charge in [-0.05, 0) is 25.5 Å². The lowest BCUT2D eigenvalue weighted by atomic mass is 10.2. The van der Waals surface area contributed by atoms with Crippen molar-refractivity contribution in [2.75, 3.05) is 25.6 Å². The first kappa shape index (κ1) is 15.7. The Morgan fingerprint density at radius 2 is 2.10 bits per heavy atom. The van der Waals surface area contributed by atoms with Crippen LogP contribution >= 0.6 is 0 Å². The Bertz CT molecular complexity index is 501. The Kier molecular flexibility index (Phi) is 6.87. The van der Waals surface area contributed by atoms with Gasteiger partial charge in [0.25, 0.3) is 5.91 Å². The standard InChI is InChI=1S/C15H19N3O2/c1-12-4-6-14(7-5-12)18-15(19)13(10-16)11-17-8-3-9-20-2/h4-7,11,17H,3,8-9H2,1-2H3,(H,18,19)/b13-11-. The van der Waals surface area contributed by atoms with Crippen molar-refractivity contribution in [3.8, 4) is 6.07 Å². The molecule has 106 valence electrons. The highest BCUT2D eigenvalue weighted by atomic mass is 16.5. The number of ether oxygens (including phenoxy) is 1. The van der Waals surface area contributed by atoms with E-state index in [-0.39, 0.29) is 5.57 Å². The summed E-state index contributed by atoms with van der Waals surface area (Å²) in [7, 11) is 1.63. The van der Waals surface area contributed by atoms with E-state index in [0.29, 0.717) is 18.8 Å². The third kappa shape index (κ3) is 5.55. The first-order chi connectivity index (χ1) is 9.67. The quantitative estimate of drug-likeness (QED) is 0.452. The van der Waals surface area contributed by atoms with Gasteiger partial charge in [0.1, 0.15) is 11.6 Å². The van der Waals surface area contributed by atoms with E-state index in [4.69, 9.17) is 10.00 Å². The minimum Gasteiger partial charge on any atom is -0.390 e. The Hall–Kier alpha value is -2.32. The van der Waals surface area contributed by atoms with Crippen LogP contribution in [0.5, 0.6) is 0 Å². The Morgan fingerprint density at radius 1 is 1.40 bits per heavy atom.